The third-order valence-corrected chi connectivity index (χ3v) is 5.68. The second-order valence-electron chi connectivity index (χ2n) is 5.88. The maximum atomic E-state index is 13.7. The standard InChI is InChI=1S/C18H21FN2O3S/c19-16-6-4-5-15(13-16)18(21-9-11-24-12-10-21)14-20-25(22,23)17-7-2-1-3-8-17/h1-8,13,18,20H,9-12,14H2/t18-/m0/s1. The Morgan fingerprint density at radius 1 is 1.08 bits per heavy atom. The van der Waals surface area contributed by atoms with Crippen molar-refractivity contribution in [1.82, 2.24) is 9.62 Å². The molecule has 1 heterocycles. The van der Waals surface area contributed by atoms with Crippen LogP contribution in [0.2, 0.25) is 0 Å². The van der Waals surface area contributed by atoms with Gasteiger partial charge in [0.1, 0.15) is 5.82 Å². The van der Waals surface area contributed by atoms with E-state index in [0.29, 0.717) is 26.3 Å². The van der Waals surface area contributed by atoms with E-state index in [0.717, 1.165) is 5.56 Å². The molecule has 1 aliphatic rings. The first-order chi connectivity index (χ1) is 12.1. The van der Waals surface area contributed by atoms with E-state index >= 15 is 0 Å². The number of morpholine rings is 1. The average Bonchev–Trinajstić information content (AvgIpc) is 2.63. The van der Waals surface area contributed by atoms with Gasteiger partial charge in [0.25, 0.3) is 0 Å². The lowest BCUT2D eigenvalue weighted by molar-refractivity contribution is 0.0171. The molecule has 1 saturated heterocycles. The summed E-state index contributed by atoms with van der Waals surface area (Å²) in [5, 5.41) is 0. The van der Waals surface area contributed by atoms with Crippen molar-refractivity contribution in [2.45, 2.75) is 10.9 Å². The molecule has 0 bridgehead atoms. The molecular weight excluding hydrogens is 343 g/mol. The van der Waals surface area contributed by atoms with Crippen LogP contribution in [0.15, 0.2) is 59.5 Å². The predicted octanol–water partition coefficient (Wildman–Crippen LogP) is 2.18. The average molecular weight is 364 g/mol. The van der Waals surface area contributed by atoms with E-state index in [4.69, 9.17) is 4.74 Å². The summed E-state index contributed by atoms with van der Waals surface area (Å²) in [6, 6.07) is 14.3. The SMILES string of the molecule is O=S(=O)(NC[C@@H](c1cccc(F)c1)N1CCOCC1)c1ccccc1. The van der Waals surface area contributed by atoms with Crippen molar-refractivity contribution < 1.29 is 17.5 Å². The molecule has 25 heavy (non-hydrogen) atoms. The fraction of sp³-hybridized carbons (Fsp3) is 0.333. The molecule has 1 aliphatic heterocycles. The topological polar surface area (TPSA) is 58.6 Å². The predicted molar refractivity (Wildman–Crippen MR) is 93.2 cm³/mol. The van der Waals surface area contributed by atoms with Crippen LogP contribution in [0.25, 0.3) is 0 Å². The van der Waals surface area contributed by atoms with Gasteiger partial charge in [0.05, 0.1) is 18.1 Å². The minimum Gasteiger partial charge on any atom is -0.379 e. The molecule has 0 spiro atoms. The molecule has 2 aromatic carbocycles. The number of hydrogen-bond acceptors (Lipinski definition) is 4. The summed E-state index contributed by atoms with van der Waals surface area (Å²) < 4.78 is 46.7. The fourth-order valence-corrected chi connectivity index (χ4v) is 3.99. The van der Waals surface area contributed by atoms with E-state index in [-0.39, 0.29) is 23.3 Å². The number of rotatable bonds is 6. The highest BCUT2D eigenvalue weighted by atomic mass is 32.2. The van der Waals surface area contributed by atoms with Gasteiger partial charge in [0.15, 0.2) is 0 Å². The van der Waals surface area contributed by atoms with Gasteiger partial charge in [-0.2, -0.15) is 0 Å². The number of benzene rings is 2. The van der Waals surface area contributed by atoms with Gasteiger partial charge in [0, 0.05) is 25.7 Å². The molecule has 0 saturated carbocycles. The molecule has 134 valence electrons. The van der Waals surface area contributed by atoms with Gasteiger partial charge in [-0.3, -0.25) is 4.90 Å². The molecule has 3 rings (SSSR count). The normalized spacial score (nSPS) is 17.3. The summed E-state index contributed by atoms with van der Waals surface area (Å²) >= 11 is 0. The Morgan fingerprint density at radius 3 is 2.48 bits per heavy atom. The molecule has 1 fully saturated rings. The van der Waals surface area contributed by atoms with Gasteiger partial charge in [-0.15, -0.1) is 0 Å². The maximum absolute atomic E-state index is 13.7. The first kappa shape index (κ1) is 18.0. The Kier molecular flexibility index (Phi) is 5.80. The highest BCUT2D eigenvalue weighted by Crippen LogP contribution is 2.23. The lowest BCUT2D eigenvalue weighted by Gasteiger charge is -2.34. The van der Waals surface area contributed by atoms with E-state index in [1.807, 2.05) is 6.07 Å². The van der Waals surface area contributed by atoms with Gasteiger partial charge in [0.2, 0.25) is 10.0 Å². The van der Waals surface area contributed by atoms with Crippen LogP contribution in [-0.4, -0.2) is 46.2 Å². The zero-order valence-electron chi connectivity index (χ0n) is 13.8. The van der Waals surface area contributed by atoms with E-state index in [1.165, 1.54) is 12.1 Å². The molecular formula is C18H21FN2O3S. The molecule has 1 atom stereocenters. The van der Waals surface area contributed by atoms with Crippen molar-refractivity contribution in [3.05, 3.63) is 66.0 Å². The van der Waals surface area contributed by atoms with Crippen LogP contribution in [0, 0.1) is 5.82 Å². The van der Waals surface area contributed by atoms with Crippen LogP contribution in [0.1, 0.15) is 11.6 Å². The molecule has 0 radical (unpaired) electrons. The largest absolute Gasteiger partial charge is 0.379 e. The first-order valence-corrected chi connectivity index (χ1v) is 9.66. The minimum absolute atomic E-state index is 0.167. The number of ether oxygens (including phenoxy) is 1. The number of halogens is 1. The van der Waals surface area contributed by atoms with Crippen LogP contribution in [-0.2, 0) is 14.8 Å². The van der Waals surface area contributed by atoms with Gasteiger partial charge in [-0.05, 0) is 29.8 Å². The Labute approximate surface area is 147 Å². The van der Waals surface area contributed by atoms with Crippen LogP contribution < -0.4 is 4.72 Å². The molecule has 7 heteroatoms. The lowest BCUT2D eigenvalue weighted by atomic mass is 10.0. The monoisotopic (exact) mass is 364 g/mol. The molecule has 0 aromatic heterocycles. The van der Waals surface area contributed by atoms with Gasteiger partial charge >= 0.3 is 0 Å². The third kappa shape index (κ3) is 4.64. The number of nitrogens with zero attached hydrogens (tertiary/aromatic N) is 1. The second kappa shape index (κ2) is 8.05. The maximum Gasteiger partial charge on any atom is 0.240 e. The fourth-order valence-electron chi connectivity index (χ4n) is 2.93. The summed E-state index contributed by atoms with van der Waals surface area (Å²) in [6.07, 6.45) is 0. The van der Waals surface area contributed by atoms with Crippen LogP contribution in [0.4, 0.5) is 4.39 Å². The van der Waals surface area contributed by atoms with E-state index in [9.17, 15) is 12.8 Å². The first-order valence-electron chi connectivity index (χ1n) is 8.18. The Morgan fingerprint density at radius 2 is 1.80 bits per heavy atom. The molecule has 5 nitrogen and oxygen atoms in total. The highest BCUT2D eigenvalue weighted by molar-refractivity contribution is 7.89. The van der Waals surface area contributed by atoms with E-state index < -0.39 is 10.0 Å². The molecule has 0 amide bonds. The lowest BCUT2D eigenvalue weighted by Crippen LogP contribution is -2.43. The summed E-state index contributed by atoms with van der Waals surface area (Å²) in [6.45, 7) is 2.68. The van der Waals surface area contributed by atoms with Gasteiger partial charge in [-0.1, -0.05) is 30.3 Å². The Hall–Kier alpha value is -1.80. The summed E-state index contributed by atoms with van der Waals surface area (Å²) in [5.41, 5.74) is 0.748. The summed E-state index contributed by atoms with van der Waals surface area (Å²) in [5.74, 6) is -0.332. The second-order valence-corrected chi connectivity index (χ2v) is 7.65. The molecule has 1 N–H and O–H groups in total. The van der Waals surface area contributed by atoms with E-state index in [2.05, 4.69) is 9.62 Å². The zero-order valence-corrected chi connectivity index (χ0v) is 14.6. The van der Waals surface area contributed by atoms with Crippen molar-refractivity contribution in [2.24, 2.45) is 0 Å². The minimum atomic E-state index is -3.61. The highest BCUT2D eigenvalue weighted by Gasteiger charge is 2.25. The third-order valence-electron chi connectivity index (χ3n) is 4.24. The quantitative estimate of drug-likeness (QED) is 0.854. The zero-order chi connectivity index (χ0) is 17.7. The Bertz CT molecular complexity index is 793. The van der Waals surface area contributed by atoms with Crippen LogP contribution >= 0.6 is 0 Å². The molecule has 2 aromatic rings. The van der Waals surface area contributed by atoms with Gasteiger partial charge in [-0.25, -0.2) is 17.5 Å². The van der Waals surface area contributed by atoms with Crippen molar-refractivity contribution in [3.63, 3.8) is 0 Å². The smallest absolute Gasteiger partial charge is 0.240 e. The van der Waals surface area contributed by atoms with Crippen LogP contribution in [0.3, 0.4) is 0 Å². The number of nitrogens with one attached hydrogen (secondary N) is 1. The summed E-state index contributed by atoms with van der Waals surface area (Å²) in [7, 11) is -3.61. The van der Waals surface area contributed by atoms with Crippen molar-refractivity contribution in [3.8, 4) is 0 Å². The van der Waals surface area contributed by atoms with Crippen molar-refractivity contribution in [2.75, 3.05) is 32.8 Å². The Balaban J connectivity index is 1.80. The van der Waals surface area contributed by atoms with Gasteiger partial charge < -0.3 is 4.74 Å². The van der Waals surface area contributed by atoms with E-state index in [1.54, 1.807) is 36.4 Å². The number of hydrogen-bond donors (Lipinski definition) is 1. The molecule has 0 unspecified atom stereocenters. The van der Waals surface area contributed by atoms with Crippen molar-refractivity contribution >= 4 is 10.0 Å². The van der Waals surface area contributed by atoms with Crippen molar-refractivity contribution in [1.29, 1.82) is 0 Å². The summed E-state index contributed by atoms with van der Waals surface area (Å²) in [4.78, 5) is 2.33. The number of sulfonamides is 1. The van der Waals surface area contributed by atoms with Crippen LogP contribution in [0.5, 0.6) is 0 Å². The molecule has 0 aliphatic carbocycles.